The molecule has 5 nitrogen and oxygen atoms in total. The molecule has 0 aliphatic carbocycles. The Kier molecular flexibility index (Phi) is 7.35. The third-order valence-electron chi connectivity index (χ3n) is 4.18. The van der Waals surface area contributed by atoms with Gasteiger partial charge in [0.25, 0.3) is 0 Å². The molecule has 0 bridgehead atoms. The SMILES string of the molecule is COc1ccc(C(N(C(=O)O)c2cc(OC(F)F)cc(Br)c2Cl)C(C)(C)C)cc1. The van der Waals surface area contributed by atoms with Crippen LogP contribution in [0.1, 0.15) is 32.4 Å². The van der Waals surface area contributed by atoms with E-state index in [0.29, 0.717) is 11.3 Å². The number of methoxy groups -OCH3 is 1. The van der Waals surface area contributed by atoms with E-state index in [1.54, 1.807) is 24.3 Å². The molecule has 1 atom stereocenters. The third-order valence-corrected chi connectivity index (χ3v) is 5.43. The van der Waals surface area contributed by atoms with Gasteiger partial charge in [-0.15, -0.1) is 0 Å². The second kappa shape index (κ2) is 9.17. The van der Waals surface area contributed by atoms with Gasteiger partial charge in [-0.2, -0.15) is 8.78 Å². The summed E-state index contributed by atoms with van der Waals surface area (Å²) in [7, 11) is 1.53. The van der Waals surface area contributed by atoms with Crippen molar-refractivity contribution in [3.8, 4) is 11.5 Å². The van der Waals surface area contributed by atoms with Crippen LogP contribution >= 0.6 is 27.5 Å². The topological polar surface area (TPSA) is 59.0 Å². The van der Waals surface area contributed by atoms with Crippen LogP contribution in [0.25, 0.3) is 0 Å². The summed E-state index contributed by atoms with van der Waals surface area (Å²) in [4.78, 5) is 13.4. The van der Waals surface area contributed by atoms with Gasteiger partial charge in [-0.1, -0.05) is 44.5 Å². The third kappa shape index (κ3) is 5.51. The second-order valence-corrected chi connectivity index (χ2v) is 8.54. The largest absolute Gasteiger partial charge is 0.497 e. The zero-order valence-corrected chi connectivity index (χ0v) is 18.6. The first-order chi connectivity index (χ1) is 13.5. The minimum absolute atomic E-state index is 0.0277. The van der Waals surface area contributed by atoms with Gasteiger partial charge in [-0.05, 0) is 45.1 Å². The minimum atomic E-state index is -3.06. The fraction of sp³-hybridized carbons (Fsp3) is 0.350. The van der Waals surface area contributed by atoms with Crippen LogP contribution in [0.5, 0.6) is 11.5 Å². The average molecular weight is 493 g/mol. The van der Waals surface area contributed by atoms with E-state index in [9.17, 15) is 18.7 Å². The summed E-state index contributed by atoms with van der Waals surface area (Å²) in [5, 5.41) is 10.1. The molecule has 0 aromatic heterocycles. The van der Waals surface area contributed by atoms with E-state index >= 15 is 0 Å². The van der Waals surface area contributed by atoms with Crippen molar-refractivity contribution in [1.82, 2.24) is 0 Å². The molecule has 0 radical (unpaired) electrons. The number of nitrogens with zero attached hydrogens (tertiary/aromatic N) is 1. The Morgan fingerprint density at radius 2 is 1.76 bits per heavy atom. The Morgan fingerprint density at radius 3 is 2.21 bits per heavy atom. The van der Waals surface area contributed by atoms with Crippen LogP contribution < -0.4 is 14.4 Å². The fourth-order valence-electron chi connectivity index (χ4n) is 3.07. The quantitative estimate of drug-likeness (QED) is 0.472. The molecule has 0 heterocycles. The van der Waals surface area contributed by atoms with E-state index in [0.717, 1.165) is 4.90 Å². The number of rotatable bonds is 6. The predicted molar refractivity (Wildman–Crippen MR) is 111 cm³/mol. The van der Waals surface area contributed by atoms with E-state index in [-0.39, 0.29) is 20.9 Å². The first-order valence-electron chi connectivity index (χ1n) is 8.55. The number of alkyl halides is 2. The van der Waals surface area contributed by atoms with Gasteiger partial charge in [0, 0.05) is 10.5 Å². The molecule has 1 N–H and O–H groups in total. The van der Waals surface area contributed by atoms with E-state index in [2.05, 4.69) is 20.7 Å². The van der Waals surface area contributed by atoms with Gasteiger partial charge in [0.2, 0.25) is 0 Å². The second-order valence-electron chi connectivity index (χ2n) is 7.31. The summed E-state index contributed by atoms with van der Waals surface area (Å²) in [5.74, 6) is 0.413. The van der Waals surface area contributed by atoms with Crippen LogP contribution in [-0.2, 0) is 0 Å². The standard InChI is InChI=1S/C20H21BrClF2NO4/c1-20(2,3)17(11-5-7-12(28-4)8-6-11)25(19(26)27)15-10-13(29-18(23)24)9-14(21)16(15)22/h5-10,17-18H,1-4H3,(H,26,27). The molecule has 0 saturated heterocycles. The molecule has 2 aromatic rings. The molecule has 1 unspecified atom stereocenters. The summed E-state index contributed by atoms with van der Waals surface area (Å²) in [6, 6.07) is 8.73. The lowest BCUT2D eigenvalue weighted by Gasteiger charge is -2.39. The van der Waals surface area contributed by atoms with Gasteiger partial charge in [-0.25, -0.2) is 4.79 Å². The monoisotopic (exact) mass is 491 g/mol. The van der Waals surface area contributed by atoms with Crippen molar-refractivity contribution in [3.63, 3.8) is 0 Å². The zero-order valence-electron chi connectivity index (χ0n) is 16.2. The number of amides is 1. The van der Waals surface area contributed by atoms with Crippen molar-refractivity contribution in [2.45, 2.75) is 33.4 Å². The molecular weight excluding hydrogens is 472 g/mol. The van der Waals surface area contributed by atoms with Crippen LogP contribution in [0.3, 0.4) is 0 Å². The number of hydrogen-bond donors (Lipinski definition) is 1. The van der Waals surface area contributed by atoms with E-state index in [1.165, 1.54) is 19.2 Å². The summed E-state index contributed by atoms with van der Waals surface area (Å²) in [5.41, 5.74) is 0.149. The normalized spacial score (nSPS) is 12.6. The molecule has 9 heteroatoms. The van der Waals surface area contributed by atoms with E-state index in [1.807, 2.05) is 20.8 Å². The number of hydrogen-bond acceptors (Lipinski definition) is 3. The Labute approximate surface area is 181 Å². The Morgan fingerprint density at radius 1 is 1.17 bits per heavy atom. The number of carboxylic acid groups (broad SMARTS) is 1. The molecule has 29 heavy (non-hydrogen) atoms. The number of benzene rings is 2. The summed E-state index contributed by atoms with van der Waals surface area (Å²) in [6.45, 7) is 2.56. The summed E-state index contributed by atoms with van der Waals surface area (Å²) < 4.78 is 35.3. The van der Waals surface area contributed by atoms with Crippen molar-refractivity contribution < 1.29 is 28.2 Å². The first kappa shape index (κ1) is 23.2. The van der Waals surface area contributed by atoms with Crippen molar-refractivity contribution >= 4 is 39.3 Å². The lowest BCUT2D eigenvalue weighted by molar-refractivity contribution is -0.0498. The van der Waals surface area contributed by atoms with Crippen molar-refractivity contribution in [2.24, 2.45) is 5.41 Å². The average Bonchev–Trinajstić information content (AvgIpc) is 2.61. The number of ether oxygens (including phenoxy) is 2. The van der Waals surface area contributed by atoms with Gasteiger partial charge in [0.1, 0.15) is 11.5 Å². The molecule has 1 amide bonds. The smallest absolute Gasteiger partial charge is 0.412 e. The van der Waals surface area contributed by atoms with E-state index < -0.39 is 24.2 Å². The molecule has 0 saturated carbocycles. The van der Waals surface area contributed by atoms with Crippen molar-refractivity contribution in [2.75, 3.05) is 12.0 Å². The van der Waals surface area contributed by atoms with Crippen LogP contribution in [0.2, 0.25) is 5.02 Å². The van der Waals surface area contributed by atoms with Gasteiger partial charge in [0.05, 0.1) is 23.9 Å². The van der Waals surface area contributed by atoms with Crippen molar-refractivity contribution in [3.05, 3.63) is 51.5 Å². The number of carbonyl (C=O) groups is 1. The predicted octanol–water partition coefficient (Wildman–Crippen LogP) is 6.98. The first-order valence-corrected chi connectivity index (χ1v) is 9.72. The van der Waals surface area contributed by atoms with Gasteiger partial charge in [-0.3, -0.25) is 4.90 Å². The molecule has 158 valence electrons. The van der Waals surface area contributed by atoms with Crippen LogP contribution in [-0.4, -0.2) is 24.9 Å². The number of halogens is 4. The van der Waals surface area contributed by atoms with Crippen molar-refractivity contribution in [1.29, 1.82) is 0 Å². The highest BCUT2D eigenvalue weighted by Gasteiger charge is 2.37. The fourth-order valence-corrected chi connectivity index (χ4v) is 3.70. The summed E-state index contributed by atoms with van der Waals surface area (Å²) >= 11 is 9.54. The molecule has 0 fully saturated rings. The Bertz CT molecular complexity index is 872. The van der Waals surface area contributed by atoms with E-state index in [4.69, 9.17) is 16.3 Å². The minimum Gasteiger partial charge on any atom is -0.497 e. The molecular formula is C20H21BrClF2NO4. The molecule has 0 spiro atoms. The Hall–Kier alpha value is -2.06. The molecule has 0 aliphatic rings. The maximum Gasteiger partial charge on any atom is 0.412 e. The molecule has 0 aliphatic heterocycles. The highest BCUT2D eigenvalue weighted by atomic mass is 79.9. The van der Waals surface area contributed by atoms with Crippen LogP contribution in [0, 0.1) is 5.41 Å². The zero-order chi connectivity index (χ0) is 21.9. The lowest BCUT2D eigenvalue weighted by Crippen LogP contribution is -2.40. The highest BCUT2D eigenvalue weighted by Crippen LogP contribution is 2.46. The summed E-state index contributed by atoms with van der Waals surface area (Å²) in [6.07, 6.45) is -1.29. The maximum atomic E-state index is 12.7. The van der Waals surface area contributed by atoms with Gasteiger partial charge in [0.15, 0.2) is 0 Å². The lowest BCUT2D eigenvalue weighted by atomic mass is 9.81. The van der Waals surface area contributed by atoms with Crippen LogP contribution in [0.4, 0.5) is 19.3 Å². The Balaban J connectivity index is 2.68. The number of anilines is 1. The van der Waals surface area contributed by atoms with Gasteiger partial charge >= 0.3 is 12.7 Å². The molecule has 2 aromatic carbocycles. The highest BCUT2D eigenvalue weighted by molar-refractivity contribution is 9.10. The maximum absolute atomic E-state index is 12.7. The molecule has 2 rings (SSSR count). The van der Waals surface area contributed by atoms with Gasteiger partial charge < -0.3 is 14.6 Å². The van der Waals surface area contributed by atoms with Crippen LogP contribution in [0.15, 0.2) is 40.9 Å².